The molecule has 0 bridgehead atoms. The number of benzene rings is 2. The molecule has 3 aromatic rings. The lowest BCUT2D eigenvalue weighted by atomic mass is 10.2. The molecule has 0 radical (unpaired) electrons. The Bertz CT molecular complexity index is 1220. The Morgan fingerprint density at radius 2 is 1.64 bits per heavy atom. The second-order valence-electron chi connectivity index (χ2n) is 5.30. The van der Waals surface area contributed by atoms with Gasteiger partial charge in [0.1, 0.15) is 5.82 Å². The van der Waals surface area contributed by atoms with Crippen LogP contribution in [0, 0.1) is 12.7 Å². The zero-order chi connectivity index (χ0) is 18.4. The Labute approximate surface area is 145 Å². The first-order valence-electron chi connectivity index (χ1n) is 6.92. The van der Waals surface area contributed by atoms with E-state index in [1.807, 2.05) is 0 Å². The number of hydrogen-bond donors (Lipinski definition) is 3. The van der Waals surface area contributed by atoms with Crippen molar-refractivity contribution in [3.63, 3.8) is 0 Å². The summed E-state index contributed by atoms with van der Waals surface area (Å²) >= 11 is 5.64. The lowest BCUT2D eigenvalue weighted by molar-refractivity contribution is 0.598. The van der Waals surface area contributed by atoms with Crippen molar-refractivity contribution >= 4 is 38.3 Å². The summed E-state index contributed by atoms with van der Waals surface area (Å²) in [6, 6.07) is 6.12. The molecule has 130 valence electrons. The van der Waals surface area contributed by atoms with Gasteiger partial charge in [-0.15, -0.1) is 0 Å². The largest absolute Gasteiger partial charge is 0.316 e. The summed E-state index contributed by atoms with van der Waals surface area (Å²) in [5.41, 5.74) is -1.30. The molecular formula is C15H11ClFN3O4S. The maximum absolute atomic E-state index is 13.8. The van der Waals surface area contributed by atoms with Crippen molar-refractivity contribution in [2.75, 3.05) is 4.72 Å². The Hall–Kier alpha value is -2.65. The number of aromatic nitrogens is 2. The van der Waals surface area contributed by atoms with Crippen LogP contribution in [0.1, 0.15) is 5.56 Å². The molecule has 0 saturated heterocycles. The molecule has 0 unspecified atom stereocenters. The molecule has 25 heavy (non-hydrogen) atoms. The lowest BCUT2D eigenvalue weighted by Crippen LogP contribution is -2.29. The third kappa shape index (κ3) is 3.28. The van der Waals surface area contributed by atoms with Gasteiger partial charge in [0, 0.05) is 5.02 Å². The minimum atomic E-state index is -4.14. The minimum absolute atomic E-state index is 0.129. The first kappa shape index (κ1) is 17.2. The fourth-order valence-electron chi connectivity index (χ4n) is 2.31. The van der Waals surface area contributed by atoms with E-state index in [-0.39, 0.29) is 26.6 Å². The van der Waals surface area contributed by atoms with Crippen molar-refractivity contribution in [2.45, 2.75) is 11.8 Å². The summed E-state index contributed by atoms with van der Waals surface area (Å²) in [4.78, 5) is 27.3. The van der Waals surface area contributed by atoms with Crippen molar-refractivity contribution in [1.29, 1.82) is 0 Å². The molecular weight excluding hydrogens is 373 g/mol. The molecule has 3 rings (SSSR count). The van der Waals surface area contributed by atoms with Crippen LogP contribution >= 0.6 is 11.6 Å². The van der Waals surface area contributed by atoms with Gasteiger partial charge < -0.3 is 9.97 Å². The Kier molecular flexibility index (Phi) is 4.13. The zero-order valence-electron chi connectivity index (χ0n) is 12.7. The molecule has 0 fully saturated rings. The quantitative estimate of drug-likeness (QED) is 0.601. The molecule has 0 atom stereocenters. The van der Waals surface area contributed by atoms with Crippen LogP contribution in [0.2, 0.25) is 5.02 Å². The molecule has 3 N–H and O–H groups in total. The van der Waals surface area contributed by atoms with Gasteiger partial charge in [0.05, 0.1) is 21.6 Å². The highest BCUT2D eigenvalue weighted by Gasteiger charge is 2.20. The lowest BCUT2D eigenvalue weighted by Gasteiger charge is -2.12. The van der Waals surface area contributed by atoms with Crippen LogP contribution in [-0.4, -0.2) is 18.4 Å². The summed E-state index contributed by atoms with van der Waals surface area (Å²) in [7, 11) is -4.14. The second kappa shape index (κ2) is 6.01. The van der Waals surface area contributed by atoms with Crippen molar-refractivity contribution in [3.05, 3.63) is 67.4 Å². The number of fused-ring (bicyclic) bond motifs is 1. The molecule has 0 spiro atoms. The predicted molar refractivity (Wildman–Crippen MR) is 92.1 cm³/mol. The highest BCUT2D eigenvalue weighted by Crippen LogP contribution is 2.25. The van der Waals surface area contributed by atoms with E-state index in [0.717, 1.165) is 6.07 Å². The van der Waals surface area contributed by atoms with Gasteiger partial charge in [-0.1, -0.05) is 11.6 Å². The van der Waals surface area contributed by atoms with E-state index >= 15 is 0 Å². The van der Waals surface area contributed by atoms with Crippen molar-refractivity contribution < 1.29 is 12.8 Å². The average molecular weight is 384 g/mol. The molecule has 0 aliphatic carbocycles. The van der Waals surface area contributed by atoms with E-state index in [2.05, 4.69) is 14.7 Å². The van der Waals surface area contributed by atoms with E-state index in [9.17, 15) is 22.4 Å². The van der Waals surface area contributed by atoms with Crippen LogP contribution in [0.4, 0.5) is 10.1 Å². The first-order chi connectivity index (χ1) is 11.7. The molecule has 1 heterocycles. The van der Waals surface area contributed by atoms with Crippen LogP contribution in [0.3, 0.4) is 0 Å². The molecule has 1 aromatic heterocycles. The maximum Gasteiger partial charge on any atom is 0.314 e. The number of anilines is 1. The zero-order valence-corrected chi connectivity index (χ0v) is 14.3. The summed E-state index contributed by atoms with van der Waals surface area (Å²) in [5.74, 6) is -0.827. The Morgan fingerprint density at radius 1 is 1.04 bits per heavy atom. The van der Waals surface area contributed by atoms with E-state index in [1.54, 1.807) is 0 Å². The minimum Gasteiger partial charge on any atom is -0.316 e. The van der Waals surface area contributed by atoms with Gasteiger partial charge in [0.15, 0.2) is 0 Å². The van der Waals surface area contributed by atoms with E-state index in [4.69, 9.17) is 11.6 Å². The third-order valence-corrected chi connectivity index (χ3v) is 5.23. The fourth-order valence-corrected chi connectivity index (χ4v) is 3.79. The summed E-state index contributed by atoms with van der Waals surface area (Å²) in [6.45, 7) is 1.51. The number of aromatic amines is 2. The van der Waals surface area contributed by atoms with Gasteiger partial charge in [-0.25, -0.2) is 12.8 Å². The highest BCUT2D eigenvalue weighted by atomic mass is 35.5. The Balaban J connectivity index is 2.13. The third-order valence-electron chi connectivity index (χ3n) is 3.48. The second-order valence-corrected chi connectivity index (χ2v) is 7.39. The van der Waals surface area contributed by atoms with Gasteiger partial charge in [0.25, 0.3) is 10.0 Å². The van der Waals surface area contributed by atoms with Crippen LogP contribution in [0.5, 0.6) is 0 Å². The number of aryl methyl sites for hydroxylation is 1. The number of hydrogen-bond acceptors (Lipinski definition) is 4. The van der Waals surface area contributed by atoms with E-state index in [0.29, 0.717) is 5.56 Å². The van der Waals surface area contributed by atoms with E-state index < -0.39 is 27.0 Å². The van der Waals surface area contributed by atoms with Crippen LogP contribution in [0.25, 0.3) is 11.0 Å². The van der Waals surface area contributed by atoms with Crippen LogP contribution in [-0.2, 0) is 10.0 Å². The number of nitrogens with one attached hydrogen (secondary N) is 3. The summed E-state index contributed by atoms with van der Waals surface area (Å²) in [5, 5.41) is 0.129. The number of H-pyrrole nitrogens is 2. The predicted octanol–water partition coefficient (Wildman–Crippen LogP) is 2.12. The van der Waals surface area contributed by atoms with Gasteiger partial charge in [0.2, 0.25) is 0 Å². The van der Waals surface area contributed by atoms with E-state index in [1.165, 1.54) is 31.2 Å². The molecule has 0 amide bonds. The van der Waals surface area contributed by atoms with Gasteiger partial charge in [-0.2, -0.15) is 0 Å². The Morgan fingerprint density at radius 3 is 2.24 bits per heavy atom. The fraction of sp³-hybridized carbons (Fsp3) is 0.0667. The molecule has 10 heteroatoms. The van der Waals surface area contributed by atoms with Gasteiger partial charge in [-0.05, 0) is 42.8 Å². The average Bonchev–Trinajstić information content (AvgIpc) is 2.51. The first-order valence-corrected chi connectivity index (χ1v) is 8.78. The van der Waals surface area contributed by atoms with Gasteiger partial charge >= 0.3 is 11.1 Å². The molecule has 0 aliphatic rings. The number of sulfonamides is 1. The standard InChI is InChI=1S/C15H11ClFN3O4S/c1-7-4-11-12(19-15(22)14(21)18-11)6-13(7)25(23,24)20-10-3-2-8(16)5-9(10)17/h2-6,20H,1H3,(H,18,21)(H,19,22). The topological polar surface area (TPSA) is 112 Å². The molecule has 0 aliphatic heterocycles. The summed E-state index contributed by atoms with van der Waals surface area (Å²) in [6.07, 6.45) is 0. The van der Waals surface area contributed by atoms with Crippen molar-refractivity contribution in [2.24, 2.45) is 0 Å². The molecule has 7 nitrogen and oxygen atoms in total. The monoisotopic (exact) mass is 383 g/mol. The number of halogens is 2. The normalized spacial score (nSPS) is 11.6. The van der Waals surface area contributed by atoms with Crippen molar-refractivity contribution in [3.8, 4) is 0 Å². The highest BCUT2D eigenvalue weighted by molar-refractivity contribution is 7.92. The molecule has 2 aromatic carbocycles. The van der Waals surface area contributed by atoms with Gasteiger partial charge in [-0.3, -0.25) is 14.3 Å². The van der Waals surface area contributed by atoms with Crippen molar-refractivity contribution in [1.82, 2.24) is 9.97 Å². The molecule has 0 saturated carbocycles. The van der Waals surface area contributed by atoms with Crippen LogP contribution in [0.15, 0.2) is 44.8 Å². The maximum atomic E-state index is 13.8. The van der Waals surface area contributed by atoms with Crippen LogP contribution < -0.4 is 15.8 Å². The number of rotatable bonds is 3. The smallest absolute Gasteiger partial charge is 0.314 e. The summed E-state index contributed by atoms with van der Waals surface area (Å²) < 4.78 is 41.1. The SMILES string of the molecule is Cc1cc2[nH]c(=O)c(=O)[nH]c2cc1S(=O)(=O)Nc1ccc(Cl)cc1F.